The summed E-state index contributed by atoms with van der Waals surface area (Å²) in [6, 6.07) is 12.2. The highest BCUT2D eigenvalue weighted by Gasteiger charge is 2.29. The Hall–Kier alpha value is -3.29. The maximum absolute atomic E-state index is 13.4. The number of hydrogen-bond donors (Lipinski definition) is 0. The number of carbonyl (C=O) groups excluding carboxylic acids is 1. The van der Waals surface area contributed by atoms with Gasteiger partial charge in [0.25, 0.3) is 0 Å². The minimum atomic E-state index is -0.385. The standard InChI is InChI=1S/C21H13Cl2FN4O2/c1-12(29)28(18-7-4-14(22)10-16(18)23)21-19(17-8-9-25-11-26-17)20(27-30-21)13-2-5-15(24)6-3-13/h2-11H,1H3. The molecule has 0 aliphatic heterocycles. The van der Waals surface area contributed by atoms with Crippen LogP contribution in [0.3, 0.4) is 0 Å². The molecule has 0 unspecified atom stereocenters. The zero-order chi connectivity index (χ0) is 21.3. The monoisotopic (exact) mass is 442 g/mol. The van der Waals surface area contributed by atoms with Gasteiger partial charge in [-0.15, -0.1) is 0 Å². The molecule has 4 aromatic rings. The number of aromatic nitrogens is 3. The molecule has 0 atom stereocenters. The van der Waals surface area contributed by atoms with Gasteiger partial charge in [0.05, 0.1) is 22.0 Å². The van der Waals surface area contributed by atoms with E-state index in [1.54, 1.807) is 36.5 Å². The molecule has 4 rings (SSSR count). The lowest BCUT2D eigenvalue weighted by molar-refractivity contribution is -0.116. The molecule has 0 aliphatic rings. The summed E-state index contributed by atoms with van der Waals surface area (Å²) in [6.45, 7) is 1.37. The zero-order valence-electron chi connectivity index (χ0n) is 15.5. The predicted octanol–water partition coefficient (Wildman–Crippen LogP) is 5.93. The molecular formula is C21H13Cl2FN4O2. The van der Waals surface area contributed by atoms with E-state index in [1.165, 1.54) is 36.4 Å². The molecule has 0 spiro atoms. The molecule has 0 bridgehead atoms. The summed E-state index contributed by atoms with van der Waals surface area (Å²) in [4.78, 5) is 22.1. The number of rotatable bonds is 4. The van der Waals surface area contributed by atoms with Crippen LogP contribution in [0.1, 0.15) is 6.92 Å². The van der Waals surface area contributed by atoms with Crippen LogP contribution < -0.4 is 4.90 Å². The molecule has 150 valence electrons. The van der Waals surface area contributed by atoms with Crippen LogP contribution in [0, 0.1) is 5.82 Å². The second-order valence-electron chi connectivity index (χ2n) is 6.26. The number of benzene rings is 2. The van der Waals surface area contributed by atoms with Gasteiger partial charge in [-0.25, -0.2) is 19.3 Å². The summed E-state index contributed by atoms with van der Waals surface area (Å²) >= 11 is 12.4. The number of hydrogen-bond acceptors (Lipinski definition) is 5. The van der Waals surface area contributed by atoms with E-state index in [-0.39, 0.29) is 22.6 Å². The summed E-state index contributed by atoms with van der Waals surface area (Å²) < 4.78 is 19.0. The molecule has 0 aliphatic carbocycles. The minimum Gasteiger partial charge on any atom is -0.336 e. The van der Waals surface area contributed by atoms with Gasteiger partial charge in [0.15, 0.2) is 0 Å². The fraction of sp³-hybridized carbons (Fsp3) is 0.0476. The van der Waals surface area contributed by atoms with Gasteiger partial charge < -0.3 is 4.52 Å². The van der Waals surface area contributed by atoms with E-state index in [0.717, 1.165) is 0 Å². The number of nitrogens with zero attached hydrogens (tertiary/aromatic N) is 4. The Morgan fingerprint density at radius 1 is 1.10 bits per heavy atom. The highest BCUT2D eigenvalue weighted by atomic mass is 35.5. The van der Waals surface area contributed by atoms with Crippen molar-refractivity contribution in [2.45, 2.75) is 6.92 Å². The van der Waals surface area contributed by atoms with Crippen molar-refractivity contribution in [2.75, 3.05) is 4.90 Å². The number of anilines is 2. The van der Waals surface area contributed by atoms with Crippen molar-refractivity contribution in [1.82, 2.24) is 15.1 Å². The van der Waals surface area contributed by atoms with Crippen molar-refractivity contribution in [3.8, 4) is 22.5 Å². The van der Waals surface area contributed by atoms with Crippen LogP contribution in [0.4, 0.5) is 16.0 Å². The van der Waals surface area contributed by atoms with Gasteiger partial charge in [0.1, 0.15) is 17.8 Å². The van der Waals surface area contributed by atoms with Gasteiger partial charge in [-0.05, 0) is 48.5 Å². The first-order chi connectivity index (χ1) is 14.5. The SMILES string of the molecule is CC(=O)N(c1ccc(Cl)cc1Cl)c1onc(-c2ccc(F)cc2)c1-c1ccncn1. The summed E-state index contributed by atoms with van der Waals surface area (Å²) in [5.74, 6) is -0.634. The van der Waals surface area contributed by atoms with E-state index >= 15 is 0 Å². The summed E-state index contributed by atoms with van der Waals surface area (Å²) in [5, 5.41) is 4.83. The molecule has 2 aromatic carbocycles. The second kappa shape index (κ2) is 8.22. The molecule has 0 N–H and O–H groups in total. The van der Waals surface area contributed by atoms with Crippen molar-refractivity contribution in [3.05, 3.63) is 76.9 Å². The van der Waals surface area contributed by atoms with E-state index < -0.39 is 0 Å². The van der Waals surface area contributed by atoms with Gasteiger partial charge in [0.2, 0.25) is 11.8 Å². The maximum atomic E-state index is 13.4. The Morgan fingerprint density at radius 3 is 2.50 bits per heavy atom. The van der Waals surface area contributed by atoms with Crippen LogP contribution in [0.2, 0.25) is 10.0 Å². The second-order valence-corrected chi connectivity index (χ2v) is 7.11. The molecule has 1 amide bonds. The molecule has 30 heavy (non-hydrogen) atoms. The van der Waals surface area contributed by atoms with Crippen molar-refractivity contribution in [2.24, 2.45) is 0 Å². The molecule has 0 saturated heterocycles. The van der Waals surface area contributed by atoms with E-state index in [1.807, 2.05) is 0 Å². The first-order valence-corrected chi connectivity index (χ1v) is 9.49. The average molecular weight is 443 g/mol. The van der Waals surface area contributed by atoms with Crippen molar-refractivity contribution in [1.29, 1.82) is 0 Å². The van der Waals surface area contributed by atoms with E-state index in [2.05, 4.69) is 15.1 Å². The van der Waals surface area contributed by atoms with Gasteiger partial charge >= 0.3 is 0 Å². The zero-order valence-corrected chi connectivity index (χ0v) is 17.0. The Labute approximate surface area is 180 Å². The molecule has 0 saturated carbocycles. The highest BCUT2D eigenvalue weighted by molar-refractivity contribution is 6.37. The Morgan fingerprint density at radius 2 is 1.87 bits per heavy atom. The first-order valence-electron chi connectivity index (χ1n) is 8.73. The Balaban J connectivity index is 1.96. The third-order valence-corrected chi connectivity index (χ3v) is 4.84. The Bertz CT molecular complexity index is 1210. The molecule has 0 fully saturated rings. The largest absolute Gasteiger partial charge is 0.336 e. The summed E-state index contributed by atoms with van der Waals surface area (Å²) in [7, 11) is 0. The van der Waals surface area contributed by atoms with Crippen LogP contribution in [-0.2, 0) is 4.79 Å². The molecule has 6 nitrogen and oxygen atoms in total. The quantitative estimate of drug-likeness (QED) is 0.391. The third-order valence-electron chi connectivity index (χ3n) is 4.30. The van der Waals surface area contributed by atoms with Crippen molar-refractivity contribution < 1.29 is 13.7 Å². The number of amides is 1. The van der Waals surface area contributed by atoms with Crippen molar-refractivity contribution in [3.63, 3.8) is 0 Å². The van der Waals surface area contributed by atoms with E-state index in [0.29, 0.717) is 33.2 Å². The maximum Gasteiger partial charge on any atom is 0.248 e. The van der Waals surface area contributed by atoms with Crippen LogP contribution >= 0.6 is 23.2 Å². The molecule has 2 heterocycles. The lowest BCUT2D eigenvalue weighted by atomic mass is 10.0. The number of carbonyl (C=O) groups is 1. The highest BCUT2D eigenvalue weighted by Crippen LogP contribution is 2.43. The lowest BCUT2D eigenvalue weighted by Crippen LogP contribution is -2.23. The van der Waals surface area contributed by atoms with Crippen molar-refractivity contribution >= 4 is 40.7 Å². The summed E-state index contributed by atoms with van der Waals surface area (Å²) in [5.41, 5.74) is 2.25. The molecule has 9 heteroatoms. The minimum absolute atomic E-state index is 0.116. The third kappa shape index (κ3) is 3.77. The predicted molar refractivity (Wildman–Crippen MR) is 112 cm³/mol. The van der Waals surface area contributed by atoms with Crippen LogP contribution in [0.15, 0.2) is 65.6 Å². The van der Waals surface area contributed by atoms with Crippen LogP contribution in [0.5, 0.6) is 0 Å². The lowest BCUT2D eigenvalue weighted by Gasteiger charge is -2.20. The van der Waals surface area contributed by atoms with Gasteiger partial charge in [0, 0.05) is 23.7 Å². The topological polar surface area (TPSA) is 72.1 Å². The smallest absolute Gasteiger partial charge is 0.248 e. The van der Waals surface area contributed by atoms with E-state index in [9.17, 15) is 9.18 Å². The van der Waals surface area contributed by atoms with Gasteiger partial charge in [-0.3, -0.25) is 4.79 Å². The molecular weight excluding hydrogens is 430 g/mol. The first kappa shape index (κ1) is 20.0. The fourth-order valence-corrected chi connectivity index (χ4v) is 3.49. The fourth-order valence-electron chi connectivity index (χ4n) is 2.99. The molecule has 2 aromatic heterocycles. The summed E-state index contributed by atoms with van der Waals surface area (Å²) in [6.07, 6.45) is 2.93. The van der Waals surface area contributed by atoms with Crippen LogP contribution in [0.25, 0.3) is 22.5 Å². The molecule has 0 radical (unpaired) electrons. The average Bonchev–Trinajstić information content (AvgIpc) is 3.15. The van der Waals surface area contributed by atoms with Gasteiger partial charge in [-0.2, -0.15) is 0 Å². The number of halogens is 3. The van der Waals surface area contributed by atoms with E-state index in [4.69, 9.17) is 27.7 Å². The van der Waals surface area contributed by atoms with Crippen LogP contribution in [-0.4, -0.2) is 21.0 Å². The van der Waals surface area contributed by atoms with Gasteiger partial charge in [-0.1, -0.05) is 28.4 Å². The Kier molecular flexibility index (Phi) is 5.48. The normalized spacial score (nSPS) is 10.8.